The Hall–Kier alpha value is -4.30. The van der Waals surface area contributed by atoms with Gasteiger partial charge in [-0.25, -0.2) is 9.78 Å². The van der Waals surface area contributed by atoms with Crippen molar-refractivity contribution in [3.05, 3.63) is 89.1 Å². The zero-order valence-corrected chi connectivity index (χ0v) is 19.7. The highest BCUT2D eigenvalue weighted by Gasteiger charge is 2.13. The predicted molar refractivity (Wildman–Crippen MR) is 140 cm³/mol. The van der Waals surface area contributed by atoms with Gasteiger partial charge in [-0.05, 0) is 78.6 Å². The summed E-state index contributed by atoms with van der Waals surface area (Å²) in [5.41, 5.74) is 5.20. The van der Waals surface area contributed by atoms with Crippen LogP contribution in [0.25, 0.3) is 0 Å². The molecule has 9 heteroatoms. The van der Waals surface area contributed by atoms with Gasteiger partial charge in [0.25, 0.3) is 0 Å². The molecule has 3 aromatic carbocycles. The molecule has 1 aromatic heterocycles. The Bertz CT molecular complexity index is 1380. The van der Waals surface area contributed by atoms with Crippen molar-refractivity contribution in [2.75, 3.05) is 28.4 Å². The van der Waals surface area contributed by atoms with E-state index in [-0.39, 0.29) is 6.03 Å². The number of benzene rings is 3. The number of carbonyl (C=O) groups excluding carboxylic acids is 1. The number of rotatable bonds is 3. The van der Waals surface area contributed by atoms with Crippen LogP contribution in [0.15, 0.2) is 72.9 Å². The predicted octanol–water partition coefficient (Wildman–Crippen LogP) is 6.37. The molecule has 2 amide bonds. The van der Waals surface area contributed by atoms with Crippen LogP contribution in [0.3, 0.4) is 0 Å². The first-order valence-electron chi connectivity index (χ1n) is 11.1. The van der Waals surface area contributed by atoms with E-state index in [1.165, 1.54) is 0 Å². The molecule has 35 heavy (non-hydrogen) atoms. The Morgan fingerprint density at radius 1 is 0.971 bits per heavy atom. The Balaban J connectivity index is 1.43. The normalized spacial score (nSPS) is 12.1. The number of amides is 2. The van der Waals surface area contributed by atoms with Crippen LogP contribution < -0.4 is 26.0 Å². The molecule has 4 N–H and O–H groups in total. The van der Waals surface area contributed by atoms with Crippen LogP contribution in [0.1, 0.15) is 11.1 Å². The molecule has 1 aliphatic rings. The van der Waals surface area contributed by atoms with Crippen molar-refractivity contribution >= 4 is 52.1 Å². The van der Waals surface area contributed by atoms with E-state index in [2.05, 4.69) is 43.4 Å². The van der Waals surface area contributed by atoms with Crippen LogP contribution in [0.2, 0.25) is 5.02 Å². The zero-order valence-electron chi connectivity index (χ0n) is 18.9. The van der Waals surface area contributed by atoms with E-state index in [9.17, 15) is 4.79 Å². The lowest BCUT2D eigenvalue weighted by Gasteiger charge is -2.15. The monoisotopic (exact) mass is 486 g/mol. The number of methoxy groups -OCH3 is 1. The molecule has 2 heterocycles. The smallest absolute Gasteiger partial charge is 0.323 e. The fourth-order valence-electron chi connectivity index (χ4n) is 3.82. The third-order valence-corrected chi connectivity index (χ3v) is 5.85. The molecular weight excluding hydrogens is 464 g/mol. The fourth-order valence-corrected chi connectivity index (χ4v) is 3.96. The maximum Gasteiger partial charge on any atom is 0.323 e. The van der Waals surface area contributed by atoms with Crippen LogP contribution in [0.4, 0.5) is 39.3 Å². The van der Waals surface area contributed by atoms with E-state index in [1.54, 1.807) is 37.6 Å². The molecule has 8 nitrogen and oxygen atoms in total. The molecule has 4 aromatic rings. The van der Waals surface area contributed by atoms with Crippen LogP contribution in [0, 0.1) is 0 Å². The number of nitrogens with one attached hydrogen (secondary N) is 4. The first kappa shape index (κ1) is 22.5. The highest BCUT2D eigenvalue weighted by atomic mass is 35.5. The summed E-state index contributed by atoms with van der Waals surface area (Å²) in [7, 11) is 1.60. The topological polar surface area (TPSA) is 100 Å². The van der Waals surface area contributed by atoms with Crippen molar-refractivity contribution in [1.82, 2.24) is 9.97 Å². The second kappa shape index (κ2) is 9.90. The number of urea groups is 1. The van der Waals surface area contributed by atoms with Gasteiger partial charge in [0, 0.05) is 22.7 Å². The maximum atomic E-state index is 12.7. The summed E-state index contributed by atoms with van der Waals surface area (Å²) in [6, 6.07) is 20.7. The zero-order chi connectivity index (χ0) is 24.2. The highest BCUT2D eigenvalue weighted by molar-refractivity contribution is 6.32. The lowest BCUT2D eigenvalue weighted by molar-refractivity contribution is 0.262. The van der Waals surface area contributed by atoms with E-state index in [1.807, 2.05) is 30.3 Å². The first-order chi connectivity index (χ1) is 17.1. The highest BCUT2D eigenvalue weighted by Crippen LogP contribution is 2.29. The van der Waals surface area contributed by atoms with Gasteiger partial charge in [-0.15, -0.1) is 0 Å². The molecule has 0 saturated carbocycles. The van der Waals surface area contributed by atoms with Gasteiger partial charge in [-0.3, -0.25) is 0 Å². The number of aryl methyl sites for hydroxylation is 2. The Kier molecular flexibility index (Phi) is 6.36. The van der Waals surface area contributed by atoms with Crippen LogP contribution in [0.5, 0.6) is 5.75 Å². The van der Waals surface area contributed by atoms with Gasteiger partial charge in [0.2, 0.25) is 5.95 Å². The molecule has 0 radical (unpaired) electrons. The maximum absolute atomic E-state index is 12.7. The van der Waals surface area contributed by atoms with Crippen molar-refractivity contribution in [3.63, 3.8) is 0 Å². The van der Waals surface area contributed by atoms with Crippen molar-refractivity contribution < 1.29 is 9.53 Å². The number of halogens is 1. The summed E-state index contributed by atoms with van der Waals surface area (Å²) in [6.45, 7) is 0. The Morgan fingerprint density at radius 2 is 1.80 bits per heavy atom. The summed E-state index contributed by atoms with van der Waals surface area (Å²) in [6.07, 6.45) is 3.06. The number of fused-ring (bicyclic) bond motifs is 6. The van der Waals surface area contributed by atoms with E-state index >= 15 is 0 Å². The fraction of sp³-hybridized carbons (Fsp3) is 0.115. The minimum absolute atomic E-state index is 0.329. The summed E-state index contributed by atoms with van der Waals surface area (Å²) in [4.78, 5) is 21.5. The van der Waals surface area contributed by atoms with Gasteiger partial charge in [0.1, 0.15) is 10.8 Å². The second-order valence-corrected chi connectivity index (χ2v) is 8.43. The second-order valence-electron chi connectivity index (χ2n) is 8.02. The van der Waals surface area contributed by atoms with E-state index in [0.717, 1.165) is 40.4 Å². The van der Waals surface area contributed by atoms with Gasteiger partial charge in [-0.2, -0.15) is 4.98 Å². The molecule has 1 aliphatic heterocycles. The number of carbonyl (C=O) groups is 1. The SMILES string of the molecule is COc1ccc(NC(=O)Nc2ccc3cc2CCc2cccc(c2)Nc2ncc(Cl)c(n2)N3)cc1. The third-order valence-electron chi connectivity index (χ3n) is 5.57. The van der Waals surface area contributed by atoms with Crippen LogP contribution in [-0.4, -0.2) is 23.1 Å². The quantitative estimate of drug-likeness (QED) is 0.268. The standard InChI is InChI=1S/C26H23ClN6O2/c1-35-21-10-7-18(8-11-21)31-26(34)32-23-12-9-20-14-17(23)6-5-16-3-2-4-19(13-16)30-25-28-15-22(27)24(29-20)33-25/h2-4,7-15H,5-6H2,1H3,(H2,31,32,34)(H2,28,29,30,33). The molecule has 6 bridgehead atoms. The molecule has 0 unspecified atom stereocenters. The number of nitrogens with zero attached hydrogens (tertiary/aromatic N) is 2. The largest absolute Gasteiger partial charge is 0.497 e. The summed E-state index contributed by atoms with van der Waals surface area (Å²) in [5.74, 6) is 1.66. The first-order valence-corrected chi connectivity index (χ1v) is 11.4. The average Bonchev–Trinajstić information content (AvgIpc) is 2.87. The van der Waals surface area contributed by atoms with Crippen molar-refractivity contribution in [2.24, 2.45) is 0 Å². The molecule has 0 fully saturated rings. The minimum Gasteiger partial charge on any atom is -0.497 e. The van der Waals surface area contributed by atoms with Gasteiger partial charge < -0.3 is 26.0 Å². The van der Waals surface area contributed by atoms with Gasteiger partial charge in [0.05, 0.1) is 13.3 Å². The van der Waals surface area contributed by atoms with Crippen LogP contribution >= 0.6 is 11.6 Å². The molecule has 0 aliphatic carbocycles. The number of aromatic nitrogens is 2. The molecular formula is C26H23ClN6O2. The Labute approximate surface area is 207 Å². The molecule has 0 atom stereocenters. The lowest BCUT2D eigenvalue weighted by Crippen LogP contribution is -2.20. The van der Waals surface area contributed by atoms with E-state index in [0.29, 0.717) is 28.9 Å². The number of hydrogen-bond donors (Lipinski definition) is 4. The van der Waals surface area contributed by atoms with Crippen molar-refractivity contribution in [2.45, 2.75) is 12.8 Å². The molecule has 176 valence electrons. The average molecular weight is 487 g/mol. The third kappa shape index (κ3) is 5.44. The van der Waals surface area contributed by atoms with Crippen LogP contribution in [-0.2, 0) is 12.8 Å². The van der Waals surface area contributed by atoms with Crippen molar-refractivity contribution in [1.29, 1.82) is 0 Å². The van der Waals surface area contributed by atoms with E-state index in [4.69, 9.17) is 16.3 Å². The molecule has 5 rings (SSSR count). The Morgan fingerprint density at radius 3 is 2.63 bits per heavy atom. The number of hydrogen-bond acceptors (Lipinski definition) is 6. The number of anilines is 6. The van der Waals surface area contributed by atoms with Gasteiger partial charge >= 0.3 is 6.03 Å². The van der Waals surface area contributed by atoms with Gasteiger partial charge in [-0.1, -0.05) is 23.7 Å². The molecule has 0 saturated heterocycles. The lowest BCUT2D eigenvalue weighted by atomic mass is 10.0. The van der Waals surface area contributed by atoms with Gasteiger partial charge in [0.15, 0.2) is 5.82 Å². The summed E-state index contributed by atoms with van der Waals surface area (Å²) < 4.78 is 5.17. The van der Waals surface area contributed by atoms with E-state index < -0.39 is 0 Å². The molecule has 0 spiro atoms. The van der Waals surface area contributed by atoms with Crippen molar-refractivity contribution in [3.8, 4) is 5.75 Å². The minimum atomic E-state index is -0.329. The summed E-state index contributed by atoms with van der Waals surface area (Å²) in [5, 5.41) is 12.7. The number of ether oxygens (including phenoxy) is 1. The summed E-state index contributed by atoms with van der Waals surface area (Å²) >= 11 is 6.34.